The van der Waals surface area contributed by atoms with Crippen molar-refractivity contribution >= 4 is 17.6 Å². The molecule has 26 heavy (non-hydrogen) atoms. The molecule has 0 unspecified atom stereocenters. The third-order valence-electron chi connectivity index (χ3n) is 3.72. The van der Waals surface area contributed by atoms with Crippen molar-refractivity contribution in [2.75, 3.05) is 26.1 Å². The van der Waals surface area contributed by atoms with Crippen LogP contribution in [0.15, 0.2) is 42.5 Å². The van der Waals surface area contributed by atoms with E-state index in [0.29, 0.717) is 22.7 Å². The van der Waals surface area contributed by atoms with Gasteiger partial charge in [0.05, 0.1) is 19.8 Å². The molecule has 0 spiro atoms. The summed E-state index contributed by atoms with van der Waals surface area (Å²) in [5, 5.41) is 2.78. The summed E-state index contributed by atoms with van der Waals surface area (Å²) in [4.78, 5) is 23.6. The lowest BCUT2D eigenvalue weighted by Gasteiger charge is -2.12. The van der Waals surface area contributed by atoms with Crippen LogP contribution >= 0.6 is 0 Å². The topological polar surface area (TPSA) is 73.9 Å². The summed E-state index contributed by atoms with van der Waals surface area (Å²) in [6.45, 7) is 1.95. The second kappa shape index (κ2) is 9.46. The van der Waals surface area contributed by atoms with Crippen molar-refractivity contribution in [1.82, 2.24) is 0 Å². The smallest absolute Gasteiger partial charge is 0.337 e. The standard InChI is InChI=1S/C20H23NO5/c1-4-5-14-6-9-16(10-7-14)21-19(22)13-26-17-11-8-15(20(23)25-3)12-18(17)24-2/h6-12H,4-5,13H2,1-3H3,(H,21,22). The van der Waals surface area contributed by atoms with E-state index in [4.69, 9.17) is 9.47 Å². The van der Waals surface area contributed by atoms with Gasteiger partial charge in [0.1, 0.15) is 0 Å². The van der Waals surface area contributed by atoms with Crippen molar-refractivity contribution in [3.05, 3.63) is 53.6 Å². The highest BCUT2D eigenvalue weighted by Crippen LogP contribution is 2.28. The third kappa shape index (κ3) is 5.24. The molecule has 0 aliphatic carbocycles. The highest BCUT2D eigenvalue weighted by atomic mass is 16.5. The molecule has 0 bridgehead atoms. The largest absolute Gasteiger partial charge is 0.493 e. The number of benzene rings is 2. The van der Waals surface area contributed by atoms with E-state index in [2.05, 4.69) is 17.0 Å². The van der Waals surface area contributed by atoms with Crippen LogP contribution in [0.3, 0.4) is 0 Å². The zero-order valence-electron chi connectivity index (χ0n) is 15.2. The van der Waals surface area contributed by atoms with E-state index in [1.807, 2.05) is 24.3 Å². The van der Waals surface area contributed by atoms with E-state index in [-0.39, 0.29) is 12.5 Å². The third-order valence-corrected chi connectivity index (χ3v) is 3.72. The van der Waals surface area contributed by atoms with E-state index in [1.165, 1.54) is 25.8 Å². The summed E-state index contributed by atoms with van der Waals surface area (Å²) in [6.07, 6.45) is 2.09. The highest BCUT2D eigenvalue weighted by molar-refractivity contribution is 5.92. The Morgan fingerprint density at radius 1 is 1.00 bits per heavy atom. The maximum absolute atomic E-state index is 12.1. The molecule has 1 N–H and O–H groups in total. The monoisotopic (exact) mass is 357 g/mol. The quantitative estimate of drug-likeness (QED) is 0.733. The van der Waals surface area contributed by atoms with Crippen molar-refractivity contribution in [3.8, 4) is 11.5 Å². The second-order valence-electron chi connectivity index (χ2n) is 5.64. The van der Waals surface area contributed by atoms with E-state index in [9.17, 15) is 9.59 Å². The molecule has 0 radical (unpaired) electrons. The molecule has 0 aliphatic heterocycles. The maximum atomic E-state index is 12.1. The average Bonchev–Trinajstić information content (AvgIpc) is 2.67. The molecule has 0 heterocycles. The molecule has 0 atom stereocenters. The van der Waals surface area contributed by atoms with Crippen molar-refractivity contribution in [2.45, 2.75) is 19.8 Å². The van der Waals surface area contributed by atoms with Crippen LogP contribution in [0.25, 0.3) is 0 Å². The van der Waals surface area contributed by atoms with Crippen molar-refractivity contribution in [2.24, 2.45) is 0 Å². The Hall–Kier alpha value is -3.02. The molecule has 2 rings (SSSR count). The molecular weight excluding hydrogens is 334 g/mol. The Morgan fingerprint density at radius 3 is 2.35 bits per heavy atom. The van der Waals surface area contributed by atoms with Crippen molar-refractivity contribution < 1.29 is 23.8 Å². The Morgan fingerprint density at radius 2 is 1.73 bits per heavy atom. The minimum absolute atomic E-state index is 0.176. The summed E-state index contributed by atoms with van der Waals surface area (Å²) < 4.78 is 15.4. The van der Waals surface area contributed by atoms with Gasteiger partial charge in [-0.15, -0.1) is 0 Å². The number of esters is 1. The lowest BCUT2D eigenvalue weighted by Crippen LogP contribution is -2.20. The first-order valence-electron chi connectivity index (χ1n) is 8.35. The number of methoxy groups -OCH3 is 2. The van der Waals surface area contributed by atoms with E-state index in [0.717, 1.165) is 12.8 Å². The zero-order valence-corrected chi connectivity index (χ0v) is 15.2. The summed E-state index contributed by atoms with van der Waals surface area (Å²) >= 11 is 0. The summed E-state index contributed by atoms with van der Waals surface area (Å²) in [5.41, 5.74) is 2.29. The molecule has 0 saturated carbocycles. The average molecular weight is 357 g/mol. The Labute approximate surface area is 153 Å². The van der Waals surface area contributed by atoms with Gasteiger partial charge in [-0.1, -0.05) is 25.5 Å². The number of hydrogen-bond acceptors (Lipinski definition) is 5. The van der Waals surface area contributed by atoms with E-state index < -0.39 is 5.97 Å². The number of anilines is 1. The van der Waals surface area contributed by atoms with Gasteiger partial charge in [-0.25, -0.2) is 4.79 Å². The summed E-state index contributed by atoms with van der Waals surface area (Å²) in [5.74, 6) is -0.0373. The van der Waals surface area contributed by atoms with Crippen LogP contribution in [0, 0.1) is 0 Å². The normalized spacial score (nSPS) is 10.1. The van der Waals surface area contributed by atoms with Crippen LogP contribution in [-0.2, 0) is 16.0 Å². The summed E-state index contributed by atoms with van der Waals surface area (Å²) in [7, 11) is 2.76. The van der Waals surface area contributed by atoms with Gasteiger partial charge in [0.15, 0.2) is 18.1 Å². The van der Waals surface area contributed by atoms with Gasteiger partial charge >= 0.3 is 5.97 Å². The predicted molar refractivity (Wildman–Crippen MR) is 98.9 cm³/mol. The fourth-order valence-corrected chi connectivity index (χ4v) is 2.42. The van der Waals surface area contributed by atoms with Crippen LogP contribution in [-0.4, -0.2) is 32.7 Å². The number of amides is 1. The molecule has 0 aliphatic rings. The van der Waals surface area contributed by atoms with Gasteiger partial charge < -0.3 is 19.5 Å². The number of carbonyl (C=O) groups excluding carboxylic acids is 2. The molecule has 1 amide bonds. The minimum Gasteiger partial charge on any atom is -0.493 e. The molecule has 2 aromatic carbocycles. The number of hydrogen-bond donors (Lipinski definition) is 1. The van der Waals surface area contributed by atoms with Gasteiger partial charge in [0, 0.05) is 5.69 Å². The fraction of sp³-hybridized carbons (Fsp3) is 0.300. The van der Waals surface area contributed by atoms with Crippen molar-refractivity contribution in [3.63, 3.8) is 0 Å². The van der Waals surface area contributed by atoms with Gasteiger partial charge in [0.25, 0.3) is 5.91 Å². The molecular formula is C20H23NO5. The summed E-state index contributed by atoms with van der Waals surface area (Å²) in [6, 6.07) is 12.4. The van der Waals surface area contributed by atoms with E-state index in [1.54, 1.807) is 12.1 Å². The van der Waals surface area contributed by atoms with Crippen LogP contribution in [0.4, 0.5) is 5.69 Å². The number of ether oxygens (including phenoxy) is 3. The van der Waals surface area contributed by atoms with Crippen LogP contribution in [0.1, 0.15) is 29.3 Å². The van der Waals surface area contributed by atoms with Crippen LogP contribution in [0.5, 0.6) is 11.5 Å². The van der Waals surface area contributed by atoms with Crippen molar-refractivity contribution in [1.29, 1.82) is 0 Å². The number of aryl methyl sites for hydroxylation is 1. The molecule has 0 aromatic heterocycles. The first-order chi connectivity index (χ1) is 12.6. The number of carbonyl (C=O) groups is 2. The number of nitrogens with one attached hydrogen (secondary N) is 1. The fourth-order valence-electron chi connectivity index (χ4n) is 2.42. The molecule has 138 valence electrons. The van der Waals surface area contributed by atoms with Crippen LogP contribution < -0.4 is 14.8 Å². The van der Waals surface area contributed by atoms with E-state index >= 15 is 0 Å². The minimum atomic E-state index is -0.473. The van der Waals surface area contributed by atoms with Gasteiger partial charge in [-0.05, 0) is 42.3 Å². The molecule has 6 heteroatoms. The predicted octanol–water partition coefficient (Wildman–Crippen LogP) is 3.45. The van der Waals surface area contributed by atoms with Gasteiger partial charge in [-0.2, -0.15) is 0 Å². The van der Waals surface area contributed by atoms with Crippen LogP contribution in [0.2, 0.25) is 0 Å². The Bertz CT molecular complexity index is 755. The number of rotatable bonds is 8. The molecule has 6 nitrogen and oxygen atoms in total. The highest BCUT2D eigenvalue weighted by Gasteiger charge is 2.12. The molecule has 0 saturated heterocycles. The zero-order chi connectivity index (χ0) is 18.9. The lowest BCUT2D eigenvalue weighted by molar-refractivity contribution is -0.118. The maximum Gasteiger partial charge on any atom is 0.337 e. The first kappa shape index (κ1) is 19.3. The van der Waals surface area contributed by atoms with Gasteiger partial charge in [0.2, 0.25) is 0 Å². The SMILES string of the molecule is CCCc1ccc(NC(=O)COc2ccc(C(=O)OC)cc2OC)cc1. The first-order valence-corrected chi connectivity index (χ1v) is 8.35. The lowest BCUT2D eigenvalue weighted by atomic mass is 10.1. The Kier molecular flexibility index (Phi) is 7.02. The van der Waals surface area contributed by atoms with Gasteiger partial charge in [-0.3, -0.25) is 4.79 Å². The second-order valence-corrected chi connectivity index (χ2v) is 5.64. The molecule has 2 aromatic rings. The Balaban J connectivity index is 1.95. The molecule has 0 fully saturated rings.